The van der Waals surface area contributed by atoms with Crippen LogP contribution in [0.15, 0.2) is 174 Å². The standard InChI is InChI=1S/C48H27N5S/c49-28-29-23-24-41-33(27-29)32-13-3-6-20-40(32)53(41)43-22-8-15-37-47(43)54-46-36(48(37)34-16-9-25-50-44(34)45-35(48)17-10-26-51-45)14-7-21-42(46)52-38-18-4-1-11-30(38)31-12-2-5-19-39(31)52/h1-27H. The Labute approximate surface area is 314 Å². The van der Waals surface area contributed by atoms with Crippen LogP contribution in [-0.4, -0.2) is 19.1 Å². The van der Waals surface area contributed by atoms with Gasteiger partial charge in [0.1, 0.15) is 0 Å². The van der Waals surface area contributed by atoms with Crippen LogP contribution in [0.3, 0.4) is 0 Å². The lowest BCUT2D eigenvalue weighted by molar-refractivity contribution is 0.714. The summed E-state index contributed by atoms with van der Waals surface area (Å²) in [6, 6.07) is 56.6. The van der Waals surface area contributed by atoms with Gasteiger partial charge in [0.05, 0.1) is 61.9 Å². The van der Waals surface area contributed by atoms with E-state index in [1.165, 1.54) is 42.7 Å². The van der Waals surface area contributed by atoms with Gasteiger partial charge in [0.15, 0.2) is 0 Å². The Morgan fingerprint density at radius 1 is 0.463 bits per heavy atom. The Morgan fingerprint density at radius 3 is 1.44 bits per heavy atom. The van der Waals surface area contributed by atoms with Crippen molar-refractivity contribution in [1.29, 1.82) is 5.26 Å². The number of nitrogens with zero attached hydrogens (tertiary/aromatic N) is 5. The van der Waals surface area contributed by atoms with Gasteiger partial charge in [-0.25, -0.2) is 0 Å². The smallest absolute Gasteiger partial charge is 0.0991 e. The van der Waals surface area contributed by atoms with E-state index < -0.39 is 5.41 Å². The molecule has 5 heterocycles. The largest absolute Gasteiger partial charge is 0.308 e. The molecule has 6 aromatic carbocycles. The second-order valence-corrected chi connectivity index (χ2v) is 15.0. The molecule has 1 aliphatic carbocycles. The summed E-state index contributed by atoms with van der Waals surface area (Å²) in [7, 11) is 0. The maximum absolute atomic E-state index is 9.89. The normalized spacial score (nSPS) is 13.6. The molecular formula is C48H27N5S. The van der Waals surface area contributed by atoms with Crippen LogP contribution in [-0.2, 0) is 5.41 Å². The highest BCUT2D eigenvalue weighted by atomic mass is 32.2. The first-order valence-electron chi connectivity index (χ1n) is 18.1. The van der Waals surface area contributed by atoms with Crippen LogP contribution in [0.1, 0.15) is 27.8 Å². The van der Waals surface area contributed by atoms with Crippen molar-refractivity contribution in [2.75, 3.05) is 0 Å². The van der Waals surface area contributed by atoms with Crippen molar-refractivity contribution >= 4 is 55.4 Å². The van der Waals surface area contributed by atoms with E-state index in [-0.39, 0.29) is 0 Å². The zero-order valence-corrected chi connectivity index (χ0v) is 29.5. The number of nitriles is 1. The SMILES string of the molecule is N#Cc1ccc2c(c1)c1ccccc1n2-c1cccc2c1Sc1c(-n3c4ccccc4c4ccccc43)cccc1C21c2cccnc2-c2ncccc21. The first kappa shape index (κ1) is 29.6. The fourth-order valence-electron chi connectivity index (χ4n) is 9.46. The van der Waals surface area contributed by atoms with Gasteiger partial charge in [0, 0.05) is 43.7 Å². The lowest BCUT2D eigenvalue weighted by Crippen LogP contribution is -2.33. The number of hydrogen-bond acceptors (Lipinski definition) is 4. The van der Waals surface area contributed by atoms with Crippen LogP contribution in [0.2, 0.25) is 0 Å². The molecule has 12 rings (SSSR count). The van der Waals surface area contributed by atoms with Crippen LogP contribution in [0.4, 0.5) is 0 Å². The van der Waals surface area contributed by atoms with Gasteiger partial charge >= 0.3 is 0 Å². The van der Waals surface area contributed by atoms with E-state index in [0.29, 0.717) is 5.56 Å². The Kier molecular flexibility index (Phi) is 5.92. The van der Waals surface area contributed by atoms with Crippen molar-refractivity contribution in [3.05, 3.63) is 192 Å². The zero-order chi connectivity index (χ0) is 35.5. The summed E-state index contributed by atoms with van der Waals surface area (Å²) in [5.41, 5.74) is 13.3. The van der Waals surface area contributed by atoms with E-state index in [4.69, 9.17) is 9.97 Å². The third-order valence-corrected chi connectivity index (χ3v) is 12.8. The van der Waals surface area contributed by atoms with Crippen LogP contribution in [0.25, 0.3) is 66.4 Å². The lowest BCUT2D eigenvalue weighted by Gasteiger charge is -2.40. The number of rotatable bonds is 2. The summed E-state index contributed by atoms with van der Waals surface area (Å²) in [5.74, 6) is 0. The minimum atomic E-state index is -0.680. The molecule has 5 nitrogen and oxygen atoms in total. The molecule has 4 aromatic heterocycles. The van der Waals surface area contributed by atoms with Crippen molar-refractivity contribution in [1.82, 2.24) is 19.1 Å². The predicted molar refractivity (Wildman–Crippen MR) is 217 cm³/mol. The van der Waals surface area contributed by atoms with Gasteiger partial charge in [-0.05, 0) is 82.9 Å². The lowest BCUT2D eigenvalue weighted by atomic mass is 9.67. The maximum Gasteiger partial charge on any atom is 0.0991 e. The fourth-order valence-corrected chi connectivity index (χ4v) is 10.9. The van der Waals surface area contributed by atoms with E-state index in [0.717, 1.165) is 55.7 Å². The molecule has 250 valence electrons. The summed E-state index contributed by atoms with van der Waals surface area (Å²) >= 11 is 1.85. The van der Waals surface area contributed by atoms with E-state index in [2.05, 4.69) is 155 Å². The summed E-state index contributed by atoms with van der Waals surface area (Å²) < 4.78 is 4.84. The molecule has 0 N–H and O–H groups in total. The average molecular weight is 706 g/mol. The summed E-state index contributed by atoms with van der Waals surface area (Å²) in [6.45, 7) is 0. The summed E-state index contributed by atoms with van der Waals surface area (Å²) in [4.78, 5) is 12.4. The first-order chi connectivity index (χ1) is 26.8. The quantitative estimate of drug-likeness (QED) is 0.180. The number of hydrogen-bond donors (Lipinski definition) is 0. The number of pyridine rings is 2. The minimum Gasteiger partial charge on any atom is -0.308 e. The molecule has 0 amide bonds. The summed E-state index contributed by atoms with van der Waals surface area (Å²) in [5, 5.41) is 14.5. The van der Waals surface area contributed by atoms with E-state index in [1.54, 1.807) is 0 Å². The first-order valence-corrected chi connectivity index (χ1v) is 18.9. The molecule has 10 aromatic rings. The van der Waals surface area contributed by atoms with Gasteiger partial charge in [-0.3, -0.25) is 9.97 Å². The van der Waals surface area contributed by atoms with Gasteiger partial charge in [-0.1, -0.05) is 103 Å². The topological polar surface area (TPSA) is 59.4 Å². The summed E-state index contributed by atoms with van der Waals surface area (Å²) in [6.07, 6.45) is 3.77. The highest BCUT2D eigenvalue weighted by molar-refractivity contribution is 7.99. The molecule has 1 spiro atoms. The third kappa shape index (κ3) is 3.64. The average Bonchev–Trinajstić information content (AvgIpc) is 3.85. The molecule has 0 saturated carbocycles. The minimum absolute atomic E-state index is 0.651. The van der Waals surface area contributed by atoms with Crippen molar-refractivity contribution in [3.63, 3.8) is 0 Å². The monoisotopic (exact) mass is 705 g/mol. The van der Waals surface area contributed by atoms with Gasteiger partial charge in [0.25, 0.3) is 0 Å². The van der Waals surface area contributed by atoms with Crippen LogP contribution >= 0.6 is 11.8 Å². The number of benzene rings is 6. The fraction of sp³-hybridized carbons (Fsp3) is 0.0208. The molecule has 6 heteroatoms. The molecule has 0 unspecified atom stereocenters. The Balaban J connectivity index is 1.25. The van der Waals surface area contributed by atoms with Crippen LogP contribution in [0, 0.1) is 11.3 Å². The van der Waals surface area contributed by atoms with E-state index in [9.17, 15) is 5.26 Å². The molecule has 0 fully saturated rings. The Bertz CT molecular complexity index is 3190. The molecule has 0 saturated heterocycles. The molecule has 0 radical (unpaired) electrons. The van der Waals surface area contributed by atoms with Gasteiger partial charge < -0.3 is 9.13 Å². The van der Waals surface area contributed by atoms with Crippen molar-refractivity contribution < 1.29 is 0 Å². The van der Waals surface area contributed by atoms with Crippen LogP contribution in [0.5, 0.6) is 0 Å². The maximum atomic E-state index is 9.89. The Hall–Kier alpha value is -6.94. The number of aromatic nitrogens is 4. The second-order valence-electron chi connectivity index (χ2n) is 14.0. The molecule has 2 aliphatic rings. The number of fused-ring (bicyclic) bond motifs is 15. The third-order valence-electron chi connectivity index (χ3n) is 11.5. The van der Waals surface area contributed by atoms with Gasteiger partial charge in [-0.15, -0.1) is 0 Å². The Morgan fingerprint density at radius 2 is 0.926 bits per heavy atom. The highest BCUT2D eigenvalue weighted by Crippen LogP contribution is 2.63. The zero-order valence-electron chi connectivity index (χ0n) is 28.7. The molecular weight excluding hydrogens is 679 g/mol. The van der Waals surface area contributed by atoms with Crippen LogP contribution < -0.4 is 0 Å². The highest BCUT2D eigenvalue weighted by Gasteiger charge is 2.52. The second kappa shape index (κ2) is 10.8. The number of para-hydroxylation sites is 3. The molecule has 1 aliphatic heterocycles. The molecule has 0 bridgehead atoms. The molecule has 0 atom stereocenters. The van der Waals surface area contributed by atoms with Crippen molar-refractivity contribution in [2.24, 2.45) is 0 Å². The van der Waals surface area contributed by atoms with E-state index >= 15 is 0 Å². The van der Waals surface area contributed by atoms with Crippen molar-refractivity contribution in [3.8, 4) is 28.8 Å². The molecule has 54 heavy (non-hydrogen) atoms. The predicted octanol–water partition coefficient (Wildman–Crippen LogP) is 11.4. The van der Waals surface area contributed by atoms with Gasteiger partial charge in [-0.2, -0.15) is 5.26 Å². The van der Waals surface area contributed by atoms with Gasteiger partial charge in [0.2, 0.25) is 0 Å². The van der Waals surface area contributed by atoms with Crippen molar-refractivity contribution in [2.45, 2.75) is 15.2 Å². The van der Waals surface area contributed by atoms with E-state index in [1.807, 2.05) is 36.3 Å².